The second-order valence-corrected chi connectivity index (χ2v) is 10.4. The van der Waals surface area contributed by atoms with Crippen LogP contribution in [0.15, 0.2) is 88.5 Å². The van der Waals surface area contributed by atoms with Crippen molar-refractivity contribution in [3.8, 4) is 0 Å². The van der Waals surface area contributed by atoms with Gasteiger partial charge in [-0.1, -0.05) is 66.7 Å². The van der Waals surface area contributed by atoms with E-state index in [2.05, 4.69) is 58.4 Å². The third kappa shape index (κ3) is 6.76. The van der Waals surface area contributed by atoms with Gasteiger partial charge in [-0.25, -0.2) is 4.79 Å². The number of carboxylic acid groups (broad SMARTS) is 1. The zero-order chi connectivity index (χ0) is 27.9. The Hall–Kier alpha value is -4.01. The van der Waals surface area contributed by atoms with Crippen LogP contribution >= 0.6 is 0 Å². The molecule has 0 unspecified atom stereocenters. The van der Waals surface area contributed by atoms with Crippen molar-refractivity contribution in [2.45, 2.75) is 50.9 Å². The number of aromatic nitrogens is 2. The molecule has 4 aromatic rings. The van der Waals surface area contributed by atoms with Crippen LogP contribution in [0.1, 0.15) is 48.5 Å². The van der Waals surface area contributed by atoms with Gasteiger partial charge in [0.2, 0.25) is 0 Å². The van der Waals surface area contributed by atoms with Crippen LogP contribution in [0, 0.1) is 0 Å². The molecule has 1 aromatic heterocycles. The number of benzene rings is 3. The summed E-state index contributed by atoms with van der Waals surface area (Å²) in [5.74, 6) is -0.966. The fraction of sp³-hybridized carbons (Fsp3) is 0.344. The number of carboxylic acids is 1. The molecule has 0 amide bonds. The van der Waals surface area contributed by atoms with Crippen molar-refractivity contribution < 1.29 is 14.6 Å². The second-order valence-electron chi connectivity index (χ2n) is 10.4. The average molecular weight is 542 g/mol. The van der Waals surface area contributed by atoms with Gasteiger partial charge in [0.25, 0.3) is 5.56 Å². The number of carbonyl (C=O) groups is 1. The van der Waals surface area contributed by atoms with E-state index in [9.17, 15) is 14.4 Å². The minimum absolute atomic E-state index is 0.0791. The Morgan fingerprint density at radius 3 is 2.15 bits per heavy atom. The molecule has 1 saturated heterocycles. The maximum Gasteiger partial charge on any atom is 0.328 e. The summed E-state index contributed by atoms with van der Waals surface area (Å²) in [4.78, 5) is 40.8. The third-order valence-corrected chi connectivity index (χ3v) is 7.59. The standard InChI is InChI=1S/C32H35N3O5/c36-29(37)22-23-13-14-28-27(21-23)31(38)33-32(39)35(28)18-8-7-17-34-19-15-26(16-20-34)40-30(24-9-3-1-4-10-24)25-11-5-2-6-12-25/h1-6,9-14,21,26,30H,7-8,15-20,22H2,(H,36,37)(H,33,38,39). The summed E-state index contributed by atoms with van der Waals surface area (Å²) < 4.78 is 8.24. The molecule has 3 aromatic carbocycles. The summed E-state index contributed by atoms with van der Waals surface area (Å²) in [5, 5.41) is 9.39. The van der Waals surface area contributed by atoms with Gasteiger partial charge in [0.05, 0.1) is 23.4 Å². The van der Waals surface area contributed by atoms with Crippen LogP contribution in [0.5, 0.6) is 0 Å². The summed E-state index contributed by atoms with van der Waals surface area (Å²) >= 11 is 0. The minimum Gasteiger partial charge on any atom is -0.481 e. The van der Waals surface area contributed by atoms with Crippen molar-refractivity contribution in [1.82, 2.24) is 14.5 Å². The van der Waals surface area contributed by atoms with Gasteiger partial charge in [-0.2, -0.15) is 0 Å². The number of unbranched alkanes of at least 4 members (excludes halogenated alkanes) is 1. The van der Waals surface area contributed by atoms with E-state index in [1.807, 2.05) is 12.1 Å². The number of likely N-dealkylation sites (tertiary alicyclic amines) is 1. The minimum atomic E-state index is -0.966. The lowest BCUT2D eigenvalue weighted by molar-refractivity contribution is -0.136. The Morgan fingerprint density at radius 2 is 1.52 bits per heavy atom. The molecular weight excluding hydrogens is 506 g/mol. The van der Waals surface area contributed by atoms with Crippen LogP contribution in [0.3, 0.4) is 0 Å². The van der Waals surface area contributed by atoms with Crippen molar-refractivity contribution in [3.05, 3.63) is 116 Å². The maximum absolute atomic E-state index is 12.5. The van der Waals surface area contributed by atoms with Gasteiger partial charge in [-0.05, 0) is 61.1 Å². The number of aryl methyl sites for hydroxylation is 1. The molecule has 1 aliphatic rings. The summed E-state index contributed by atoms with van der Waals surface area (Å²) in [6.07, 6.45) is 3.60. The number of hydrogen-bond donors (Lipinski definition) is 2. The molecule has 2 N–H and O–H groups in total. The van der Waals surface area contributed by atoms with Gasteiger partial charge in [-0.15, -0.1) is 0 Å². The van der Waals surface area contributed by atoms with E-state index in [1.54, 1.807) is 22.8 Å². The second kappa shape index (κ2) is 12.9. The number of rotatable bonds is 11. The molecule has 2 heterocycles. The molecule has 0 aliphatic carbocycles. The van der Waals surface area contributed by atoms with Gasteiger partial charge < -0.3 is 14.7 Å². The number of piperidine rings is 1. The fourth-order valence-corrected chi connectivity index (χ4v) is 5.52. The first-order chi connectivity index (χ1) is 19.5. The Kier molecular flexibility index (Phi) is 8.88. The van der Waals surface area contributed by atoms with Crippen molar-refractivity contribution in [1.29, 1.82) is 0 Å². The quantitative estimate of drug-likeness (QED) is 0.273. The number of ether oxygens (including phenoxy) is 1. The number of nitrogens with zero attached hydrogens (tertiary/aromatic N) is 2. The molecular formula is C32H35N3O5. The SMILES string of the molecule is O=C(O)Cc1ccc2c(c1)c(=O)[nH]c(=O)n2CCCCN1CCC(OC(c2ccccc2)c2ccccc2)CC1. The third-order valence-electron chi connectivity index (χ3n) is 7.59. The molecule has 0 radical (unpaired) electrons. The van der Waals surface area contributed by atoms with Crippen LogP contribution < -0.4 is 11.2 Å². The van der Waals surface area contributed by atoms with Gasteiger partial charge in [-0.3, -0.25) is 19.1 Å². The molecule has 5 rings (SSSR count). The van der Waals surface area contributed by atoms with Crippen LogP contribution in [-0.2, 0) is 22.5 Å². The van der Waals surface area contributed by atoms with Gasteiger partial charge in [0.1, 0.15) is 6.10 Å². The predicted molar refractivity (Wildman–Crippen MR) is 155 cm³/mol. The molecule has 8 nitrogen and oxygen atoms in total. The molecule has 208 valence electrons. The first-order valence-electron chi connectivity index (χ1n) is 13.9. The Bertz CT molecular complexity index is 1500. The molecule has 0 spiro atoms. The van der Waals surface area contributed by atoms with E-state index in [0.717, 1.165) is 45.3 Å². The predicted octanol–water partition coefficient (Wildman–Crippen LogP) is 4.37. The Labute approximate surface area is 232 Å². The van der Waals surface area contributed by atoms with E-state index in [0.29, 0.717) is 23.0 Å². The van der Waals surface area contributed by atoms with Gasteiger partial charge in [0, 0.05) is 19.6 Å². The van der Waals surface area contributed by atoms with Gasteiger partial charge in [0.15, 0.2) is 0 Å². The van der Waals surface area contributed by atoms with Crippen molar-refractivity contribution in [2.75, 3.05) is 19.6 Å². The lowest BCUT2D eigenvalue weighted by Gasteiger charge is -2.34. The normalized spacial score (nSPS) is 14.6. The number of nitrogens with one attached hydrogen (secondary N) is 1. The molecule has 40 heavy (non-hydrogen) atoms. The summed E-state index contributed by atoms with van der Waals surface area (Å²) in [5.41, 5.74) is 2.47. The number of fused-ring (bicyclic) bond motifs is 1. The van der Waals surface area contributed by atoms with Crippen molar-refractivity contribution in [3.63, 3.8) is 0 Å². The molecule has 0 saturated carbocycles. The average Bonchev–Trinajstić information content (AvgIpc) is 2.97. The molecule has 1 fully saturated rings. The zero-order valence-electron chi connectivity index (χ0n) is 22.5. The van der Waals surface area contributed by atoms with Crippen LogP contribution in [0.25, 0.3) is 10.9 Å². The highest BCUT2D eigenvalue weighted by atomic mass is 16.5. The molecule has 0 bridgehead atoms. The van der Waals surface area contributed by atoms with E-state index in [4.69, 9.17) is 9.84 Å². The molecule has 8 heteroatoms. The van der Waals surface area contributed by atoms with Crippen LogP contribution in [0.2, 0.25) is 0 Å². The highest BCUT2D eigenvalue weighted by molar-refractivity contribution is 5.80. The summed E-state index contributed by atoms with van der Waals surface area (Å²) in [7, 11) is 0. The lowest BCUT2D eigenvalue weighted by Crippen LogP contribution is -2.38. The van der Waals surface area contributed by atoms with Crippen molar-refractivity contribution in [2.24, 2.45) is 0 Å². The summed E-state index contributed by atoms with van der Waals surface area (Å²) in [6, 6.07) is 25.7. The van der Waals surface area contributed by atoms with Crippen LogP contribution in [0.4, 0.5) is 0 Å². The van der Waals surface area contributed by atoms with Crippen molar-refractivity contribution >= 4 is 16.9 Å². The topological polar surface area (TPSA) is 105 Å². The number of aromatic amines is 1. The Balaban J connectivity index is 1.14. The first kappa shape index (κ1) is 27.6. The van der Waals surface area contributed by atoms with E-state index >= 15 is 0 Å². The number of hydrogen-bond acceptors (Lipinski definition) is 5. The fourth-order valence-electron chi connectivity index (χ4n) is 5.52. The highest BCUT2D eigenvalue weighted by Gasteiger charge is 2.24. The monoisotopic (exact) mass is 541 g/mol. The van der Waals surface area contributed by atoms with E-state index in [1.165, 1.54) is 11.1 Å². The highest BCUT2D eigenvalue weighted by Crippen LogP contribution is 2.30. The van der Waals surface area contributed by atoms with E-state index < -0.39 is 17.2 Å². The summed E-state index contributed by atoms with van der Waals surface area (Å²) in [6.45, 7) is 3.36. The smallest absolute Gasteiger partial charge is 0.328 e. The largest absolute Gasteiger partial charge is 0.481 e. The first-order valence-corrected chi connectivity index (χ1v) is 13.9. The molecule has 1 aliphatic heterocycles. The number of H-pyrrole nitrogens is 1. The zero-order valence-corrected chi connectivity index (χ0v) is 22.5. The van der Waals surface area contributed by atoms with Crippen LogP contribution in [-0.4, -0.2) is 51.3 Å². The lowest BCUT2D eigenvalue weighted by atomic mass is 10.00. The Morgan fingerprint density at radius 1 is 0.900 bits per heavy atom. The number of aliphatic carboxylic acids is 1. The molecule has 0 atom stereocenters. The van der Waals surface area contributed by atoms with E-state index in [-0.39, 0.29) is 18.6 Å². The van der Waals surface area contributed by atoms with Gasteiger partial charge >= 0.3 is 11.7 Å². The maximum atomic E-state index is 12.5.